The van der Waals surface area contributed by atoms with Crippen LogP contribution in [0.15, 0.2) is 89.3 Å². The Kier molecular flexibility index (Phi) is 5.60. The quantitative estimate of drug-likeness (QED) is 0.344. The molecule has 3 aromatic carbocycles. The molecule has 9 heteroatoms. The molecule has 1 aliphatic heterocycles. The topological polar surface area (TPSA) is 118 Å². The van der Waals surface area contributed by atoms with Crippen LogP contribution in [0, 0.1) is 0 Å². The zero-order chi connectivity index (χ0) is 23.0. The number of aliphatic hydroxyl groups is 1. The summed E-state index contributed by atoms with van der Waals surface area (Å²) in [6.45, 7) is 0. The molecule has 0 unspecified atom stereocenters. The summed E-state index contributed by atoms with van der Waals surface area (Å²) in [6, 6.07) is 19.3. The highest BCUT2D eigenvalue weighted by Crippen LogP contribution is 2.42. The fraction of sp³-hybridized carbons (Fsp3) is 0.0435. The smallest absolute Gasteiger partial charge is 0.300 e. The summed E-state index contributed by atoms with van der Waals surface area (Å²) >= 11 is 6.01. The number of benzene rings is 3. The van der Waals surface area contributed by atoms with E-state index in [-0.39, 0.29) is 21.9 Å². The first kappa shape index (κ1) is 21.8. The molecule has 7 nitrogen and oxygen atoms in total. The number of hydrogen-bond acceptors (Lipinski definition) is 5. The lowest BCUT2D eigenvalue weighted by Gasteiger charge is -2.25. The van der Waals surface area contributed by atoms with Gasteiger partial charge in [0.05, 0.1) is 16.5 Å². The molecule has 1 atom stereocenters. The van der Waals surface area contributed by atoms with Crippen molar-refractivity contribution in [3.05, 3.63) is 101 Å². The van der Waals surface area contributed by atoms with Crippen molar-refractivity contribution < 1.29 is 23.1 Å². The zero-order valence-corrected chi connectivity index (χ0v) is 18.0. The first-order valence-electron chi connectivity index (χ1n) is 9.43. The lowest BCUT2D eigenvalue weighted by molar-refractivity contribution is -0.132. The Morgan fingerprint density at radius 1 is 0.906 bits per heavy atom. The number of amides is 1. The highest BCUT2D eigenvalue weighted by Gasteiger charge is 2.47. The van der Waals surface area contributed by atoms with Crippen molar-refractivity contribution in [3.8, 4) is 0 Å². The van der Waals surface area contributed by atoms with Gasteiger partial charge in [-0.1, -0.05) is 54.1 Å². The Labute approximate surface area is 189 Å². The third kappa shape index (κ3) is 3.91. The molecule has 0 radical (unpaired) electrons. The molecule has 0 bridgehead atoms. The Bertz CT molecular complexity index is 1340. The molecule has 1 heterocycles. The minimum atomic E-state index is -3.93. The number of anilines is 1. The second-order valence-corrected chi connectivity index (χ2v) is 9.12. The lowest BCUT2D eigenvalue weighted by atomic mass is 9.95. The number of carbonyl (C=O) groups is 2. The molecular weight excluding hydrogens is 452 g/mol. The van der Waals surface area contributed by atoms with Crippen LogP contribution in [0.3, 0.4) is 0 Å². The molecule has 0 saturated carbocycles. The molecule has 0 aliphatic carbocycles. The van der Waals surface area contributed by atoms with E-state index in [1.165, 1.54) is 29.2 Å². The molecule has 1 fully saturated rings. The normalized spacial score (nSPS) is 18.2. The molecule has 0 aromatic heterocycles. The first-order chi connectivity index (χ1) is 15.2. The number of ketones is 1. The number of hydrogen-bond donors (Lipinski definition) is 2. The van der Waals surface area contributed by atoms with Crippen LogP contribution in [-0.4, -0.2) is 25.2 Å². The molecule has 1 aliphatic rings. The Morgan fingerprint density at radius 3 is 2.06 bits per heavy atom. The van der Waals surface area contributed by atoms with E-state index in [2.05, 4.69) is 0 Å². The third-order valence-corrected chi connectivity index (χ3v) is 6.30. The largest absolute Gasteiger partial charge is 0.507 e. The van der Waals surface area contributed by atoms with Gasteiger partial charge in [0.2, 0.25) is 10.0 Å². The molecular formula is C23H17ClN2O5S. The van der Waals surface area contributed by atoms with Gasteiger partial charge in [-0.25, -0.2) is 13.6 Å². The Hall–Kier alpha value is -3.46. The minimum Gasteiger partial charge on any atom is -0.507 e. The van der Waals surface area contributed by atoms with Gasteiger partial charge in [0.15, 0.2) is 0 Å². The average molecular weight is 469 g/mol. The van der Waals surface area contributed by atoms with Gasteiger partial charge < -0.3 is 5.11 Å². The van der Waals surface area contributed by atoms with Gasteiger partial charge in [0, 0.05) is 16.3 Å². The average Bonchev–Trinajstić information content (AvgIpc) is 3.04. The molecule has 3 N–H and O–H groups in total. The number of rotatable bonds is 4. The van der Waals surface area contributed by atoms with Crippen LogP contribution in [0.1, 0.15) is 17.2 Å². The summed E-state index contributed by atoms with van der Waals surface area (Å²) in [6.07, 6.45) is 0. The van der Waals surface area contributed by atoms with E-state index < -0.39 is 27.8 Å². The van der Waals surface area contributed by atoms with E-state index in [1.807, 2.05) is 0 Å². The highest BCUT2D eigenvalue weighted by molar-refractivity contribution is 7.89. The second-order valence-electron chi connectivity index (χ2n) is 7.13. The maximum atomic E-state index is 13.0. The van der Waals surface area contributed by atoms with Crippen LogP contribution < -0.4 is 10.0 Å². The van der Waals surface area contributed by atoms with Crippen molar-refractivity contribution in [2.45, 2.75) is 10.9 Å². The maximum absolute atomic E-state index is 13.0. The van der Waals surface area contributed by atoms with Gasteiger partial charge in [-0.05, 0) is 42.0 Å². The Balaban J connectivity index is 1.92. The summed E-state index contributed by atoms with van der Waals surface area (Å²) < 4.78 is 23.2. The monoisotopic (exact) mass is 468 g/mol. The summed E-state index contributed by atoms with van der Waals surface area (Å²) in [5.41, 5.74) is 1.11. The van der Waals surface area contributed by atoms with Gasteiger partial charge in [0.25, 0.3) is 11.7 Å². The number of Topliss-reactive ketones (excluding diaryl/α,β-unsaturated/α-hetero) is 1. The molecule has 3 aromatic rings. The fourth-order valence-corrected chi connectivity index (χ4v) is 4.25. The summed E-state index contributed by atoms with van der Waals surface area (Å²) in [4.78, 5) is 27.2. The molecule has 1 saturated heterocycles. The van der Waals surface area contributed by atoms with Gasteiger partial charge in [0.1, 0.15) is 5.76 Å². The molecule has 1 amide bonds. The van der Waals surface area contributed by atoms with E-state index in [4.69, 9.17) is 16.7 Å². The van der Waals surface area contributed by atoms with Crippen LogP contribution >= 0.6 is 11.6 Å². The SMILES string of the molecule is NS(=O)(=O)c1ccc(N2C(=O)C(=O)C(=C(O)c3ccccc3)[C@H]2c2ccc(Cl)cc2)cc1. The minimum absolute atomic E-state index is 0.0842. The zero-order valence-electron chi connectivity index (χ0n) is 16.5. The Morgan fingerprint density at radius 2 is 1.50 bits per heavy atom. The highest BCUT2D eigenvalue weighted by atomic mass is 35.5. The number of halogens is 1. The van der Waals surface area contributed by atoms with Gasteiger partial charge in [-0.15, -0.1) is 0 Å². The second kappa shape index (κ2) is 8.23. The van der Waals surface area contributed by atoms with Crippen molar-refractivity contribution in [2.75, 3.05) is 4.90 Å². The van der Waals surface area contributed by atoms with Gasteiger partial charge in [-0.2, -0.15) is 0 Å². The van der Waals surface area contributed by atoms with Crippen molar-refractivity contribution in [1.29, 1.82) is 0 Å². The van der Waals surface area contributed by atoms with Crippen LogP contribution in [0.2, 0.25) is 5.02 Å². The van der Waals surface area contributed by atoms with Crippen LogP contribution in [0.5, 0.6) is 0 Å². The van der Waals surface area contributed by atoms with Crippen LogP contribution in [0.25, 0.3) is 5.76 Å². The van der Waals surface area contributed by atoms with Crippen molar-refractivity contribution in [3.63, 3.8) is 0 Å². The van der Waals surface area contributed by atoms with Crippen molar-refractivity contribution in [1.82, 2.24) is 0 Å². The summed E-state index contributed by atoms with van der Waals surface area (Å²) in [5.74, 6) is -2.03. The number of nitrogens with two attached hydrogens (primary N) is 1. The molecule has 0 spiro atoms. The van der Waals surface area contributed by atoms with Crippen molar-refractivity contribution in [2.24, 2.45) is 5.14 Å². The number of sulfonamides is 1. The van der Waals surface area contributed by atoms with E-state index in [1.54, 1.807) is 54.6 Å². The lowest BCUT2D eigenvalue weighted by Crippen LogP contribution is -2.29. The number of aliphatic hydroxyl groups excluding tert-OH is 1. The predicted octanol–water partition coefficient (Wildman–Crippen LogP) is 3.61. The van der Waals surface area contributed by atoms with Gasteiger partial charge in [-0.3, -0.25) is 14.5 Å². The standard InChI is InChI=1S/C23H17ClN2O5S/c24-16-8-6-14(7-9-16)20-19(21(27)15-4-2-1-3-5-15)22(28)23(29)26(20)17-10-12-18(13-11-17)32(25,30)31/h1-13,20,27H,(H2,25,30,31)/t20-/m1/s1. The van der Waals surface area contributed by atoms with E-state index in [0.29, 0.717) is 16.1 Å². The first-order valence-corrected chi connectivity index (χ1v) is 11.4. The number of nitrogens with zero attached hydrogens (tertiary/aromatic N) is 1. The maximum Gasteiger partial charge on any atom is 0.300 e. The van der Waals surface area contributed by atoms with E-state index >= 15 is 0 Å². The van der Waals surface area contributed by atoms with Crippen molar-refractivity contribution >= 4 is 44.8 Å². The third-order valence-electron chi connectivity index (χ3n) is 5.12. The number of primary sulfonamides is 1. The van der Waals surface area contributed by atoms with Crippen LogP contribution in [-0.2, 0) is 19.6 Å². The predicted molar refractivity (Wildman–Crippen MR) is 120 cm³/mol. The summed E-state index contributed by atoms with van der Waals surface area (Å²) in [7, 11) is -3.93. The molecule has 32 heavy (non-hydrogen) atoms. The summed E-state index contributed by atoms with van der Waals surface area (Å²) in [5, 5.41) is 16.6. The molecule has 4 rings (SSSR count). The van der Waals surface area contributed by atoms with Crippen LogP contribution in [0.4, 0.5) is 5.69 Å². The van der Waals surface area contributed by atoms with E-state index in [0.717, 1.165) is 0 Å². The van der Waals surface area contributed by atoms with Gasteiger partial charge >= 0.3 is 0 Å². The van der Waals surface area contributed by atoms with E-state index in [9.17, 15) is 23.1 Å². The molecule has 162 valence electrons. The number of carbonyl (C=O) groups excluding carboxylic acids is 2. The fourth-order valence-electron chi connectivity index (χ4n) is 3.61.